The smallest absolute Gasteiger partial charge is 0.276 e. The quantitative estimate of drug-likeness (QED) is 0.446. The third-order valence-corrected chi connectivity index (χ3v) is 6.95. The number of rotatable bonds is 7. The molecule has 4 atom stereocenters. The first-order valence-corrected chi connectivity index (χ1v) is 12.7. The number of halogens is 3. The topological polar surface area (TPSA) is 91.3 Å². The molecule has 0 unspecified atom stereocenters. The predicted molar refractivity (Wildman–Crippen MR) is 135 cm³/mol. The van der Waals surface area contributed by atoms with Crippen molar-refractivity contribution >= 4 is 46.4 Å². The van der Waals surface area contributed by atoms with Gasteiger partial charge in [-0.25, -0.2) is 0 Å². The number of likely N-dealkylation sites (tertiary alicyclic amines) is 1. The van der Waals surface area contributed by atoms with Gasteiger partial charge in [0.1, 0.15) is 0 Å². The maximum Gasteiger partial charge on any atom is 0.276 e. The van der Waals surface area contributed by atoms with E-state index in [1.807, 2.05) is 30.3 Å². The molecule has 2 saturated heterocycles. The number of benzene rings is 2. The Morgan fingerprint density at radius 3 is 2.54 bits per heavy atom. The zero-order chi connectivity index (χ0) is 25.0. The molecular weight excluding hydrogens is 515 g/mol. The normalized spacial score (nSPS) is 25.5. The van der Waals surface area contributed by atoms with Gasteiger partial charge in [-0.2, -0.15) is 0 Å². The van der Waals surface area contributed by atoms with Gasteiger partial charge >= 0.3 is 0 Å². The van der Waals surface area contributed by atoms with Crippen LogP contribution in [0, 0.1) is 0 Å². The van der Waals surface area contributed by atoms with Crippen molar-refractivity contribution in [1.29, 1.82) is 0 Å². The lowest BCUT2D eigenvalue weighted by Crippen LogP contribution is -2.42. The van der Waals surface area contributed by atoms with Crippen LogP contribution in [0.3, 0.4) is 0 Å². The van der Waals surface area contributed by atoms with Crippen LogP contribution in [0.4, 0.5) is 5.69 Å². The van der Waals surface area contributed by atoms with Crippen LogP contribution in [0.15, 0.2) is 48.5 Å². The molecule has 4 rings (SSSR count). The van der Waals surface area contributed by atoms with Crippen LogP contribution in [0.25, 0.3) is 0 Å². The van der Waals surface area contributed by atoms with E-state index < -0.39 is 16.0 Å². The van der Waals surface area contributed by atoms with Crippen LogP contribution in [-0.4, -0.2) is 56.7 Å². The molecule has 2 heterocycles. The zero-order valence-corrected chi connectivity index (χ0v) is 21.3. The summed E-state index contributed by atoms with van der Waals surface area (Å²) in [6.45, 7) is 1.71. The van der Waals surface area contributed by atoms with E-state index in [1.54, 1.807) is 18.2 Å². The average Bonchev–Trinajstić information content (AvgIpc) is 3.30. The maximum absolute atomic E-state index is 12.1. The summed E-state index contributed by atoms with van der Waals surface area (Å²) in [5, 5.41) is 21.7. The van der Waals surface area contributed by atoms with Gasteiger partial charge in [-0.3, -0.25) is 9.69 Å². The highest BCUT2D eigenvalue weighted by Crippen LogP contribution is 2.39. The molecular formula is C25H29Cl3N2O5. The van der Waals surface area contributed by atoms with Gasteiger partial charge in [0.15, 0.2) is 6.29 Å². The van der Waals surface area contributed by atoms with Crippen LogP contribution >= 0.6 is 34.8 Å². The number of nitrogens with zero attached hydrogens (tertiary/aromatic N) is 1. The minimum Gasteiger partial charge on any atom is -0.395 e. The number of aliphatic hydroxyl groups excluding tert-OH is 2. The Hall–Kier alpha value is -1.42. The van der Waals surface area contributed by atoms with Crippen molar-refractivity contribution in [2.24, 2.45) is 0 Å². The fraction of sp³-hybridized carbons (Fsp3) is 0.480. The van der Waals surface area contributed by atoms with Gasteiger partial charge in [-0.05, 0) is 42.6 Å². The molecule has 10 heteroatoms. The third kappa shape index (κ3) is 6.87. The SMILES string of the molecule is O=C(Nc1cccc([C@H]2O[C@@H](CN3CCC[C@H]3CO)C[C@@H](c3ccc(CO)cc3)O2)c1)C(Cl)(Cl)Cl. The van der Waals surface area contributed by atoms with Crippen LogP contribution in [0.1, 0.15) is 48.3 Å². The second-order valence-electron chi connectivity index (χ2n) is 8.90. The highest BCUT2D eigenvalue weighted by atomic mass is 35.6. The van der Waals surface area contributed by atoms with Crippen molar-refractivity contribution in [3.8, 4) is 0 Å². The number of alkyl halides is 3. The summed E-state index contributed by atoms with van der Waals surface area (Å²) in [4.78, 5) is 14.4. The highest BCUT2D eigenvalue weighted by molar-refractivity contribution is 6.76. The second kappa shape index (κ2) is 11.8. The maximum atomic E-state index is 12.1. The van der Waals surface area contributed by atoms with Crippen LogP contribution in [-0.2, 0) is 20.9 Å². The molecule has 3 N–H and O–H groups in total. The third-order valence-electron chi connectivity index (χ3n) is 6.44. The molecule has 2 fully saturated rings. The first-order chi connectivity index (χ1) is 16.8. The molecule has 2 aromatic rings. The van der Waals surface area contributed by atoms with Crippen molar-refractivity contribution in [1.82, 2.24) is 4.90 Å². The lowest BCUT2D eigenvalue weighted by atomic mass is 9.99. The van der Waals surface area contributed by atoms with Gasteiger partial charge < -0.3 is 25.0 Å². The number of aliphatic hydroxyl groups is 2. The summed E-state index contributed by atoms with van der Waals surface area (Å²) in [6.07, 6.45) is 1.61. The van der Waals surface area contributed by atoms with Gasteiger partial charge in [0, 0.05) is 30.3 Å². The first kappa shape index (κ1) is 26.6. The number of amides is 1. The van der Waals surface area contributed by atoms with Gasteiger partial charge in [0.2, 0.25) is 0 Å². The fourth-order valence-corrected chi connectivity index (χ4v) is 4.74. The van der Waals surface area contributed by atoms with Crippen molar-refractivity contribution in [3.63, 3.8) is 0 Å². The van der Waals surface area contributed by atoms with E-state index in [0.29, 0.717) is 24.2 Å². The average molecular weight is 544 g/mol. The minimum atomic E-state index is -2.08. The Bertz CT molecular complexity index is 1000. The van der Waals surface area contributed by atoms with Crippen molar-refractivity contribution in [2.75, 3.05) is 25.0 Å². The van der Waals surface area contributed by atoms with E-state index in [0.717, 1.165) is 30.5 Å². The molecule has 7 nitrogen and oxygen atoms in total. The molecule has 0 radical (unpaired) electrons. The Balaban J connectivity index is 1.56. The van der Waals surface area contributed by atoms with Gasteiger partial charge in [-0.1, -0.05) is 71.2 Å². The van der Waals surface area contributed by atoms with E-state index in [-0.39, 0.29) is 31.5 Å². The minimum absolute atomic E-state index is 0.0234. The molecule has 190 valence electrons. The van der Waals surface area contributed by atoms with Gasteiger partial charge in [-0.15, -0.1) is 0 Å². The highest BCUT2D eigenvalue weighted by Gasteiger charge is 2.36. The summed E-state index contributed by atoms with van der Waals surface area (Å²) in [7, 11) is 0. The van der Waals surface area contributed by atoms with E-state index in [1.165, 1.54) is 0 Å². The summed E-state index contributed by atoms with van der Waals surface area (Å²) in [5.41, 5.74) is 2.99. The predicted octanol–water partition coefficient (Wildman–Crippen LogP) is 4.49. The second-order valence-corrected chi connectivity index (χ2v) is 11.2. The lowest BCUT2D eigenvalue weighted by Gasteiger charge is -2.38. The van der Waals surface area contributed by atoms with Gasteiger partial charge in [0.05, 0.1) is 25.4 Å². The van der Waals surface area contributed by atoms with Crippen molar-refractivity contribution < 1.29 is 24.5 Å². The molecule has 35 heavy (non-hydrogen) atoms. The Kier molecular flexibility index (Phi) is 8.94. The van der Waals surface area contributed by atoms with E-state index in [9.17, 15) is 15.0 Å². The van der Waals surface area contributed by atoms with Crippen LogP contribution in [0.5, 0.6) is 0 Å². The lowest BCUT2D eigenvalue weighted by molar-refractivity contribution is -0.253. The molecule has 2 aromatic carbocycles. The van der Waals surface area contributed by atoms with Crippen LogP contribution < -0.4 is 5.32 Å². The Labute approximate surface area is 219 Å². The van der Waals surface area contributed by atoms with Crippen molar-refractivity contribution in [2.45, 2.75) is 54.2 Å². The first-order valence-electron chi connectivity index (χ1n) is 11.6. The molecule has 0 saturated carbocycles. The van der Waals surface area contributed by atoms with Gasteiger partial charge in [0.25, 0.3) is 9.70 Å². The van der Waals surface area contributed by atoms with Crippen molar-refractivity contribution in [3.05, 3.63) is 65.2 Å². The fourth-order valence-electron chi connectivity index (χ4n) is 4.60. The number of nitrogens with one attached hydrogen (secondary N) is 1. The molecule has 0 aliphatic carbocycles. The van der Waals surface area contributed by atoms with E-state index in [2.05, 4.69) is 10.2 Å². The number of ether oxygens (including phenoxy) is 2. The summed E-state index contributed by atoms with van der Waals surface area (Å²) in [6, 6.07) is 14.9. The molecule has 0 bridgehead atoms. The monoisotopic (exact) mass is 542 g/mol. The Morgan fingerprint density at radius 2 is 1.86 bits per heavy atom. The Morgan fingerprint density at radius 1 is 1.09 bits per heavy atom. The largest absolute Gasteiger partial charge is 0.395 e. The summed E-state index contributed by atoms with van der Waals surface area (Å²) in [5.74, 6) is -0.756. The molecule has 0 spiro atoms. The molecule has 0 aromatic heterocycles. The number of hydrogen-bond donors (Lipinski definition) is 3. The van der Waals surface area contributed by atoms with E-state index >= 15 is 0 Å². The molecule has 2 aliphatic heterocycles. The standard InChI is InChI=1S/C25H29Cl3N2O5/c26-25(27,28)24(33)29-19-4-1-3-18(11-19)23-34-21(13-30-10-2-5-20(30)15-32)12-22(35-23)17-8-6-16(14-31)7-9-17/h1,3-4,6-9,11,20-23,31-32H,2,5,10,12-15H2,(H,29,33)/t20-,21+,22-,23-/m0/s1. The number of carbonyl (C=O) groups is 1. The summed E-state index contributed by atoms with van der Waals surface area (Å²) >= 11 is 17.1. The number of hydrogen-bond acceptors (Lipinski definition) is 6. The van der Waals surface area contributed by atoms with Crippen LogP contribution in [0.2, 0.25) is 0 Å². The van der Waals surface area contributed by atoms with E-state index in [4.69, 9.17) is 44.3 Å². The number of anilines is 1. The molecule has 1 amide bonds. The molecule has 2 aliphatic rings. The summed E-state index contributed by atoms with van der Waals surface area (Å²) < 4.78 is 10.7. The number of carbonyl (C=O) groups excluding carboxylic acids is 1. The zero-order valence-electron chi connectivity index (χ0n) is 19.1.